The van der Waals surface area contributed by atoms with Crippen LogP contribution in [0.2, 0.25) is 0 Å². The average molecular weight is 215 g/mol. The van der Waals surface area contributed by atoms with Crippen molar-refractivity contribution in [3.8, 4) is 0 Å². The minimum absolute atomic E-state index is 0.829. The van der Waals surface area contributed by atoms with E-state index >= 15 is 0 Å². The molecule has 1 heterocycles. The summed E-state index contributed by atoms with van der Waals surface area (Å²) in [6.07, 6.45) is 3.02. The summed E-state index contributed by atoms with van der Waals surface area (Å²) < 4.78 is 1.99. The van der Waals surface area contributed by atoms with Crippen molar-refractivity contribution in [3.63, 3.8) is 0 Å². The molecule has 16 heavy (non-hydrogen) atoms. The van der Waals surface area contributed by atoms with Gasteiger partial charge in [0.05, 0.1) is 17.9 Å². The molecule has 1 aromatic heterocycles. The molecule has 1 aromatic carbocycles. The number of rotatable bonds is 4. The van der Waals surface area contributed by atoms with Gasteiger partial charge in [-0.05, 0) is 12.0 Å². The Balaban J connectivity index is 2.19. The first-order valence-electron chi connectivity index (χ1n) is 5.61. The molecular weight excluding hydrogens is 198 g/mol. The van der Waals surface area contributed by atoms with Gasteiger partial charge in [0, 0.05) is 13.2 Å². The lowest BCUT2D eigenvalue weighted by Crippen LogP contribution is -2.00. The van der Waals surface area contributed by atoms with E-state index in [0.29, 0.717) is 0 Å². The Kier molecular flexibility index (Phi) is 3.25. The van der Waals surface area contributed by atoms with Crippen LogP contribution in [0.1, 0.15) is 18.2 Å². The average Bonchev–Trinajstić information content (AvgIpc) is 2.72. The fourth-order valence-corrected chi connectivity index (χ4v) is 1.78. The van der Waals surface area contributed by atoms with Crippen molar-refractivity contribution < 1.29 is 0 Å². The maximum Gasteiger partial charge on any atom is 0.0853 e. The number of aromatic nitrogens is 2. The third kappa shape index (κ3) is 2.24. The summed E-state index contributed by atoms with van der Waals surface area (Å²) in [5, 5.41) is 7.72. The summed E-state index contributed by atoms with van der Waals surface area (Å²) in [5.74, 6) is 0. The lowest BCUT2D eigenvalue weighted by Gasteiger charge is -2.00. The second-order valence-corrected chi connectivity index (χ2v) is 3.78. The maximum atomic E-state index is 4.55. The number of hydrogen-bond acceptors (Lipinski definition) is 2. The standard InChI is InChI=1S/C13H17N3/c1-3-12-13(14-2)10-16(15-12)9-11-7-5-4-6-8-11/h4-8,10,14H,3,9H2,1-2H3. The molecule has 0 fully saturated rings. The van der Waals surface area contributed by atoms with Crippen LogP contribution in [-0.4, -0.2) is 16.8 Å². The van der Waals surface area contributed by atoms with Crippen molar-refractivity contribution in [1.82, 2.24) is 9.78 Å². The molecule has 0 amide bonds. The van der Waals surface area contributed by atoms with Gasteiger partial charge in [0.2, 0.25) is 0 Å². The second kappa shape index (κ2) is 4.84. The summed E-state index contributed by atoms with van der Waals surface area (Å²) >= 11 is 0. The molecule has 0 aliphatic heterocycles. The summed E-state index contributed by atoms with van der Waals surface area (Å²) in [6.45, 7) is 2.95. The Labute approximate surface area is 96.1 Å². The van der Waals surface area contributed by atoms with Gasteiger partial charge in [-0.25, -0.2) is 0 Å². The number of hydrogen-bond donors (Lipinski definition) is 1. The fraction of sp³-hybridized carbons (Fsp3) is 0.308. The van der Waals surface area contributed by atoms with E-state index in [0.717, 1.165) is 24.3 Å². The van der Waals surface area contributed by atoms with Gasteiger partial charge in [0.15, 0.2) is 0 Å². The van der Waals surface area contributed by atoms with Gasteiger partial charge in [-0.3, -0.25) is 4.68 Å². The van der Waals surface area contributed by atoms with Crippen LogP contribution >= 0.6 is 0 Å². The zero-order valence-corrected chi connectivity index (χ0v) is 9.77. The van der Waals surface area contributed by atoms with Gasteiger partial charge >= 0.3 is 0 Å². The summed E-state index contributed by atoms with van der Waals surface area (Å²) in [6, 6.07) is 10.4. The minimum atomic E-state index is 0.829. The van der Waals surface area contributed by atoms with E-state index in [4.69, 9.17) is 0 Å². The zero-order valence-electron chi connectivity index (χ0n) is 9.77. The summed E-state index contributed by atoms with van der Waals surface area (Å²) in [4.78, 5) is 0. The highest BCUT2D eigenvalue weighted by atomic mass is 15.3. The molecule has 84 valence electrons. The van der Waals surface area contributed by atoms with E-state index in [1.165, 1.54) is 5.56 Å². The Bertz CT molecular complexity index is 424. The minimum Gasteiger partial charge on any atom is -0.385 e. The monoisotopic (exact) mass is 215 g/mol. The molecular formula is C13H17N3. The number of anilines is 1. The topological polar surface area (TPSA) is 29.9 Å². The summed E-state index contributed by atoms with van der Waals surface area (Å²) in [5.41, 5.74) is 3.52. The van der Waals surface area contributed by atoms with Crippen LogP contribution in [0.3, 0.4) is 0 Å². The quantitative estimate of drug-likeness (QED) is 0.849. The fourth-order valence-electron chi connectivity index (χ4n) is 1.78. The highest BCUT2D eigenvalue weighted by Crippen LogP contribution is 2.14. The van der Waals surface area contributed by atoms with Crippen molar-refractivity contribution in [2.45, 2.75) is 19.9 Å². The van der Waals surface area contributed by atoms with Gasteiger partial charge in [-0.15, -0.1) is 0 Å². The van der Waals surface area contributed by atoms with Crippen molar-refractivity contribution in [2.24, 2.45) is 0 Å². The predicted octanol–water partition coefficient (Wildman–Crippen LogP) is 2.54. The van der Waals surface area contributed by atoms with Crippen LogP contribution in [0.15, 0.2) is 36.5 Å². The zero-order chi connectivity index (χ0) is 11.4. The molecule has 3 nitrogen and oxygen atoms in total. The molecule has 0 atom stereocenters. The van der Waals surface area contributed by atoms with E-state index in [1.807, 2.05) is 17.8 Å². The first kappa shape index (κ1) is 10.7. The molecule has 2 aromatic rings. The van der Waals surface area contributed by atoms with Gasteiger partial charge < -0.3 is 5.32 Å². The molecule has 0 saturated heterocycles. The summed E-state index contributed by atoms with van der Waals surface area (Å²) in [7, 11) is 1.93. The maximum absolute atomic E-state index is 4.55. The van der Waals surface area contributed by atoms with E-state index in [9.17, 15) is 0 Å². The van der Waals surface area contributed by atoms with Gasteiger partial charge in [0.25, 0.3) is 0 Å². The van der Waals surface area contributed by atoms with E-state index in [-0.39, 0.29) is 0 Å². The Morgan fingerprint density at radius 1 is 1.25 bits per heavy atom. The van der Waals surface area contributed by atoms with Gasteiger partial charge in [-0.2, -0.15) is 5.10 Å². The Hall–Kier alpha value is -1.77. The van der Waals surface area contributed by atoms with Crippen molar-refractivity contribution in [3.05, 3.63) is 47.8 Å². The SMILES string of the molecule is CCc1nn(Cc2ccccc2)cc1NC. The smallest absolute Gasteiger partial charge is 0.0853 e. The number of benzene rings is 1. The van der Waals surface area contributed by atoms with Crippen LogP contribution in [0.5, 0.6) is 0 Å². The molecule has 0 radical (unpaired) electrons. The number of nitrogens with one attached hydrogen (secondary N) is 1. The largest absolute Gasteiger partial charge is 0.385 e. The van der Waals surface area contributed by atoms with Crippen LogP contribution in [0.25, 0.3) is 0 Å². The first-order chi connectivity index (χ1) is 7.83. The van der Waals surface area contributed by atoms with Crippen LogP contribution < -0.4 is 5.32 Å². The van der Waals surface area contributed by atoms with E-state index < -0.39 is 0 Å². The lowest BCUT2D eigenvalue weighted by molar-refractivity contribution is 0.673. The highest BCUT2D eigenvalue weighted by Gasteiger charge is 2.05. The predicted molar refractivity (Wildman–Crippen MR) is 66.7 cm³/mol. The molecule has 0 unspecified atom stereocenters. The Morgan fingerprint density at radius 3 is 2.56 bits per heavy atom. The van der Waals surface area contributed by atoms with E-state index in [1.54, 1.807) is 0 Å². The Morgan fingerprint density at radius 2 is 2.00 bits per heavy atom. The molecule has 0 aliphatic rings. The first-order valence-corrected chi connectivity index (χ1v) is 5.61. The van der Waals surface area contributed by atoms with Gasteiger partial charge in [0.1, 0.15) is 0 Å². The molecule has 0 spiro atoms. The molecule has 2 rings (SSSR count). The highest BCUT2D eigenvalue weighted by molar-refractivity contribution is 5.45. The molecule has 0 saturated carbocycles. The van der Waals surface area contributed by atoms with Crippen molar-refractivity contribution >= 4 is 5.69 Å². The third-order valence-electron chi connectivity index (χ3n) is 2.63. The molecule has 0 aliphatic carbocycles. The number of nitrogens with zero attached hydrogens (tertiary/aromatic N) is 2. The van der Waals surface area contributed by atoms with Crippen LogP contribution in [0.4, 0.5) is 5.69 Å². The normalized spacial score (nSPS) is 10.4. The van der Waals surface area contributed by atoms with Crippen molar-refractivity contribution in [1.29, 1.82) is 0 Å². The van der Waals surface area contributed by atoms with Crippen LogP contribution in [-0.2, 0) is 13.0 Å². The van der Waals surface area contributed by atoms with E-state index in [2.05, 4.69) is 47.8 Å². The molecule has 1 N–H and O–H groups in total. The molecule has 0 bridgehead atoms. The number of aryl methyl sites for hydroxylation is 1. The van der Waals surface area contributed by atoms with Crippen molar-refractivity contribution in [2.75, 3.05) is 12.4 Å². The second-order valence-electron chi connectivity index (χ2n) is 3.78. The van der Waals surface area contributed by atoms with Crippen LogP contribution in [0, 0.1) is 0 Å². The van der Waals surface area contributed by atoms with Gasteiger partial charge in [-0.1, -0.05) is 37.3 Å². The third-order valence-corrected chi connectivity index (χ3v) is 2.63. The lowest BCUT2D eigenvalue weighted by atomic mass is 10.2. The molecule has 3 heteroatoms.